The third kappa shape index (κ3) is 4.80. The number of carbonyl (C=O) groups excluding carboxylic acids is 3. The SMILES string of the molecule is COC(=O)c1cc(C(=O)N2CCN(C(=O)c3cccc(OC)c3)CC2)cc([N+](=O)[O-])c1. The van der Waals surface area contributed by atoms with Gasteiger partial charge in [-0.1, -0.05) is 6.07 Å². The first-order valence-corrected chi connectivity index (χ1v) is 9.44. The van der Waals surface area contributed by atoms with Crippen LogP contribution in [-0.2, 0) is 4.74 Å². The van der Waals surface area contributed by atoms with Gasteiger partial charge in [-0.15, -0.1) is 0 Å². The van der Waals surface area contributed by atoms with Crippen molar-refractivity contribution in [2.75, 3.05) is 40.4 Å². The minimum absolute atomic E-state index is 0.0159. The number of carbonyl (C=O) groups is 3. The summed E-state index contributed by atoms with van der Waals surface area (Å²) in [5, 5.41) is 11.2. The summed E-state index contributed by atoms with van der Waals surface area (Å²) >= 11 is 0. The first kappa shape index (κ1) is 21.8. The molecular formula is C21H21N3O7. The maximum atomic E-state index is 12.9. The summed E-state index contributed by atoms with van der Waals surface area (Å²) < 4.78 is 9.76. The fraction of sp³-hybridized carbons (Fsp3) is 0.286. The number of hydrogen-bond acceptors (Lipinski definition) is 7. The Balaban J connectivity index is 1.72. The molecule has 1 aliphatic rings. The molecule has 0 aliphatic carbocycles. The Kier molecular flexibility index (Phi) is 6.49. The van der Waals surface area contributed by atoms with Crippen molar-refractivity contribution in [3.63, 3.8) is 0 Å². The fourth-order valence-electron chi connectivity index (χ4n) is 3.31. The summed E-state index contributed by atoms with van der Waals surface area (Å²) in [6.07, 6.45) is 0. The Morgan fingerprint density at radius 2 is 1.45 bits per heavy atom. The first-order valence-electron chi connectivity index (χ1n) is 9.44. The Morgan fingerprint density at radius 1 is 0.871 bits per heavy atom. The molecule has 0 N–H and O–H groups in total. The minimum atomic E-state index is -0.772. The van der Waals surface area contributed by atoms with Crippen molar-refractivity contribution in [2.45, 2.75) is 0 Å². The number of esters is 1. The molecule has 0 unspecified atom stereocenters. The van der Waals surface area contributed by atoms with E-state index in [1.807, 2.05) is 0 Å². The lowest BCUT2D eigenvalue weighted by atomic mass is 10.1. The highest BCUT2D eigenvalue weighted by atomic mass is 16.6. The molecule has 10 heteroatoms. The van der Waals surface area contributed by atoms with Gasteiger partial charge >= 0.3 is 5.97 Å². The molecular weight excluding hydrogens is 406 g/mol. The predicted octanol–water partition coefficient (Wildman–Crippen LogP) is 1.99. The number of nitro benzene ring substituents is 1. The molecule has 2 aromatic rings. The number of amides is 2. The molecule has 0 bridgehead atoms. The van der Waals surface area contributed by atoms with E-state index in [2.05, 4.69) is 4.74 Å². The molecule has 2 amide bonds. The molecule has 1 heterocycles. The summed E-state index contributed by atoms with van der Waals surface area (Å²) in [6, 6.07) is 10.3. The van der Waals surface area contributed by atoms with E-state index in [1.54, 1.807) is 29.2 Å². The van der Waals surface area contributed by atoms with Gasteiger partial charge < -0.3 is 19.3 Å². The van der Waals surface area contributed by atoms with Crippen molar-refractivity contribution in [1.29, 1.82) is 0 Å². The zero-order valence-electron chi connectivity index (χ0n) is 17.1. The summed E-state index contributed by atoms with van der Waals surface area (Å²) in [6.45, 7) is 1.12. The normalized spacial score (nSPS) is 13.5. The van der Waals surface area contributed by atoms with Gasteiger partial charge in [0, 0.05) is 49.4 Å². The lowest BCUT2D eigenvalue weighted by Crippen LogP contribution is -2.50. The van der Waals surface area contributed by atoms with Crippen LogP contribution in [-0.4, -0.2) is 72.9 Å². The van der Waals surface area contributed by atoms with Crippen LogP contribution < -0.4 is 4.74 Å². The Labute approximate surface area is 178 Å². The number of hydrogen-bond donors (Lipinski definition) is 0. The average molecular weight is 427 g/mol. The lowest BCUT2D eigenvalue weighted by molar-refractivity contribution is -0.384. The van der Waals surface area contributed by atoms with Gasteiger partial charge in [-0.2, -0.15) is 0 Å². The van der Waals surface area contributed by atoms with E-state index in [-0.39, 0.29) is 35.8 Å². The van der Waals surface area contributed by atoms with Gasteiger partial charge in [-0.3, -0.25) is 19.7 Å². The quantitative estimate of drug-likeness (QED) is 0.407. The summed E-state index contributed by atoms with van der Waals surface area (Å²) in [4.78, 5) is 51.1. The first-order chi connectivity index (χ1) is 14.8. The van der Waals surface area contributed by atoms with Gasteiger partial charge in [0.25, 0.3) is 17.5 Å². The minimum Gasteiger partial charge on any atom is -0.497 e. The van der Waals surface area contributed by atoms with Crippen LogP contribution in [0.15, 0.2) is 42.5 Å². The fourth-order valence-corrected chi connectivity index (χ4v) is 3.31. The molecule has 2 aromatic carbocycles. The number of nitrogens with zero attached hydrogens (tertiary/aromatic N) is 3. The number of non-ortho nitro benzene ring substituents is 1. The molecule has 0 saturated carbocycles. The van der Waals surface area contributed by atoms with Crippen molar-refractivity contribution in [1.82, 2.24) is 9.80 Å². The van der Waals surface area contributed by atoms with E-state index in [9.17, 15) is 24.5 Å². The summed E-state index contributed by atoms with van der Waals surface area (Å²) in [5.74, 6) is -0.824. The van der Waals surface area contributed by atoms with Crippen LogP contribution in [0.3, 0.4) is 0 Å². The molecule has 3 rings (SSSR count). The van der Waals surface area contributed by atoms with Gasteiger partial charge in [0.2, 0.25) is 0 Å². The van der Waals surface area contributed by atoms with E-state index in [1.165, 1.54) is 18.1 Å². The van der Waals surface area contributed by atoms with E-state index in [0.29, 0.717) is 24.4 Å². The van der Waals surface area contributed by atoms with Crippen LogP contribution in [0.1, 0.15) is 31.1 Å². The van der Waals surface area contributed by atoms with E-state index in [4.69, 9.17) is 4.74 Å². The third-order valence-electron chi connectivity index (χ3n) is 4.97. The molecule has 31 heavy (non-hydrogen) atoms. The van der Waals surface area contributed by atoms with Gasteiger partial charge in [-0.05, 0) is 24.3 Å². The molecule has 1 saturated heterocycles. The number of benzene rings is 2. The predicted molar refractivity (Wildman–Crippen MR) is 109 cm³/mol. The number of ether oxygens (including phenoxy) is 2. The van der Waals surface area contributed by atoms with Crippen LogP contribution in [0.25, 0.3) is 0 Å². The number of nitro groups is 1. The Hall–Kier alpha value is -3.95. The second-order valence-electron chi connectivity index (χ2n) is 6.83. The highest BCUT2D eigenvalue weighted by Gasteiger charge is 2.27. The van der Waals surface area contributed by atoms with Crippen molar-refractivity contribution in [3.8, 4) is 5.75 Å². The van der Waals surface area contributed by atoms with Gasteiger partial charge in [-0.25, -0.2) is 4.79 Å². The summed E-state index contributed by atoms with van der Waals surface area (Å²) in [5.41, 5.74) is 0.0488. The largest absolute Gasteiger partial charge is 0.497 e. The Morgan fingerprint density at radius 3 is 2.00 bits per heavy atom. The molecule has 1 fully saturated rings. The highest BCUT2D eigenvalue weighted by molar-refractivity contribution is 5.99. The van der Waals surface area contributed by atoms with Gasteiger partial charge in [0.15, 0.2) is 0 Å². The standard InChI is InChI=1S/C21H21N3O7/c1-30-18-5-3-4-14(13-18)19(25)22-6-8-23(9-7-22)20(26)15-10-16(21(27)31-2)12-17(11-15)24(28)29/h3-5,10-13H,6-9H2,1-2H3. The molecule has 0 spiro atoms. The molecule has 0 aromatic heterocycles. The topological polar surface area (TPSA) is 119 Å². The summed E-state index contributed by atoms with van der Waals surface area (Å²) in [7, 11) is 2.68. The van der Waals surface area contributed by atoms with Gasteiger partial charge in [0.05, 0.1) is 24.7 Å². The average Bonchev–Trinajstić information content (AvgIpc) is 2.82. The van der Waals surface area contributed by atoms with Crippen molar-refractivity contribution >= 4 is 23.5 Å². The monoisotopic (exact) mass is 427 g/mol. The van der Waals surface area contributed by atoms with E-state index >= 15 is 0 Å². The number of methoxy groups -OCH3 is 2. The number of piperazine rings is 1. The van der Waals surface area contributed by atoms with Crippen LogP contribution in [0.2, 0.25) is 0 Å². The molecule has 10 nitrogen and oxygen atoms in total. The van der Waals surface area contributed by atoms with Crippen LogP contribution in [0.4, 0.5) is 5.69 Å². The van der Waals surface area contributed by atoms with E-state index in [0.717, 1.165) is 19.2 Å². The maximum Gasteiger partial charge on any atom is 0.338 e. The van der Waals surface area contributed by atoms with Gasteiger partial charge in [0.1, 0.15) is 5.75 Å². The van der Waals surface area contributed by atoms with Crippen molar-refractivity contribution in [3.05, 3.63) is 69.3 Å². The van der Waals surface area contributed by atoms with Crippen molar-refractivity contribution < 1.29 is 28.8 Å². The second kappa shape index (κ2) is 9.24. The second-order valence-corrected chi connectivity index (χ2v) is 6.83. The maximum absolute atomic E-state index is 12.9. The zero-order valence-corrected chi connectivity index (χ0v) is 17.1. The third-order valence-corrected chi connectivity index (χ3v) is 4.97. The highest BCUT2D eigenvalue weighted by Crippen LogP contribution is 2.21. The van der Waals surface area contributed by atoms with Crippen LogP contribution in [0, 0.1) is 10.1 Å². The van der Waals surface area contributed by atoms with E-state index < -0.39 is 16.8 Å². The smallest absolute Gasteiger partial charge is 0.338 e. The lowest BCUT2D eigenvalue weighted by Gasteiger charge is -2.35. The van der Waals surface area contributed by atoms with Crippen LogP contribution in [0.5, 0.6) is 5.75 Å². The molecule has 1 aliphatic heterocycles. The molecule has 0 radical (unpaired) electrons. The Bertz CT molecular complexity index is 1030. The van der Waals surface area contributed by atoms with Crippen molar-refractivity contribution in [2.24, 2.45) is 0 Å². The zero-order chi connectivity index (χ0) is 22.5. The molecule has 162 valence electrons. The number of rotatable bonds is 5. The molecule has 0 atom stereocenters. The van der Waals surface area contributed by atoms with Crippen LogP contribution >= 0.6 is 0 Å².